The number of rotatable bonds is 8. The maximum absolute atomic E-state index is 13.4. The van der Waals surface area contributed by atoms with Crippen LogP contribution >= 0.6 is 22.9 Å². The number of urea groups is 1. The fourth-order valence-electron chi connectivity index (χ4n) is 4.57. The van der Waals surface area contributed by atoms with Crippen LogP contribution in [0.3, 0.4) is 0 Å². The second kappa shape index (κ2) is 16.8. The van der Waals surface area contributed by atoms with Crippen LogP contribution in [-0.4, -0.2) is 32.5 Å². The van der Waals surface area contributed by atoms with Gasteiger partial charge in [-0.05, 0) is 80.1 Å². The second-order valence-corrected chi connectivity index (χ2v) is 12.6. The monoisotopic (exact) mass is 786 g/mol. The zero-order chi connectivity index (χ0) is 39.0. The Hall–Kier alpha value is -5.94. The van der Waals surface area contributed by atoms with Gasteiger partial charge in [-0.1, -0.05) is 35.1 Å². The Morgan fingerprint density at radius 2 is 1.44 bits per heavy atom. The highest BCUT2D eigenvalue weighted by atomic mass is 35.5. The van der Waals surface area contributed by atoms with Crippen molar-refractivity contribution in [3.8, 4) is 33.3 Å². The Labute approximate surface area is 313 Å². The molecule has 0 radical (unpaired) electrons. The van der Waals surface area contributed by atoms with E-state index in [2.05, 4.69) is 35.9 Å². The number of anilines is 4. The predicted octanol–water partition coefficient (Wildman–Crippen LogP) is 10.8. The van der Waals surface area contributed by atoms with Crippen molar-refractivity contribution in [2.75, 3.05) is 28.2 Å². The van der Waals surface area contributed by atoms with Crippen molar-refractivity contribution in [3.63, 3.8) is 0 Å². The summed E-state index contributed by atoms with van der Waals surface area (Å²) in [6.45, 7) is 4.59. The normalized spacial score (nSPS) is 11.3. The van der Waals surface area contributed by atoms with Gasteiger partial charge in [0.25, 0.3) is 0 Å². The minimum absolute atomic E-state index is 0.0338. The van der Waals surface area contributed by atoms with E-state index in [0.29, 0.717) is 16.9 Å². The third kappa shape index (κ3) is 10.6. The summed E-state index contributed by atoms with van der Waals surface area (Å²) in [7, 11) is 0. The molecule has 3 aromatic carbocycles. The maximum atomic E-state index is 13.4. The van der Waals surface area contributed by atoms with Crippen LogP contribution in [0.25, 0.3) is 21.6 Å². The average molecular weight is 787 g/mol. The van der Waals surface area contributed by atoms with Gasteiger partial charge in [-0.3, -0.25) is 4.98 Å². The Kier molecular flexibility index (Phi) is 12.2. The maximum Gasteiger partial charge on any atom is 0.416 e. The molecule has 5 N–H and O–H groups in total. The highest BCUT2D eigenvalue weighted by Crippen LogP contribution is 2.36. The molecule has 0 saturated heterocycles. The van der Waals surface area contributed by atoms with Crippen LogP contribution in [0.5, 0.6) is 11.8 Å². The van der Waals surface area contributed by atoms with Gasteiger partial charge < -0.3 is 26.4 Å². The molecule has 2 amide bonds. The van der Waals surface area contributed by atoms with E-state index in [1.165, 1.54) is 24.7 Å². The molecule has 0 unspecified atom stereocenters. The number of aromatic nitrogens is 4. The number of aryl methyl sites for hydroxylation is 1. The fraction of sp³-hybridized carbons (Fsp3) is 0.139. The van der Waals surface area contributed by atoms with Gasteiger partial charge in [0.15, 0.2) is 5.13 Å². The lowest BCUT2D eigenvalue weighted by Crippen LogP contribution is -2.20. The smallest absolute Gasteiger partial charge is 0.416 e. The number of benzene rings is 3. The number of ether oxygens (including phenoxy) is 1. The number of hydrogen-bond acceptors (Lipinski definition) is 9. The molecule has 54 heavy (non-hydrogen) atoms. The van der Waals surface area contributed by atoms with Gasteiger partial charge in [0.1, 0.15) is 5.75 Å². The highest BCUT2D eigenvalue weighted by molar-refractivity contribution is 7.18. The summed E-state index contributed by atoms with van der Waals surface area (Å²) < 4.78 is 81.9. The summed E-state index contributed by atoms with van der Waals surface area (Å²) in [5, 5.41) is 9.18. The van der Waals surface area contributed by atoms with Crippen molar-refractivity contribution in [1.29, 1.82) is 0 Å². The van der Waals surface area contributed by atoms with E-state index in [0.717, 1.165) is 58.1 Å². The number of pyridine rings is 1. The number of nitrogen functional groups attached to an aromatic ring is 1. The van der Waals surface area contributed by atoms with E-state index in [1.54, 1.807) is 48.7 Å². The molecule has 0 aliphatic carbocycles. The summed E-state index contributed by atoms with van der Waals surface area (Å²) in [4.78, 5) is 30.5. The van der Waals surface area contributed by atoms with Crippen LogP contribution in [0, 0.1) is 6.92 Å². The molecule has 6 rings (SSSR count). The van der Waals surface area contributed by atoms with E-state index in [4.69, 9.17) is 22.1 Å². The molecule has 0 fully saturated rings. The summed E-state index contributed by atoms with van der Waals surface area (Å²) in [5.41, 5.74) is 6.27. The zero-order valence-corrected chi connectivity index (χ0v) is 29.8. The number of carbonyl (C=O) groups is 1. The largest absolute Gasteiger partial charge is 0.424 e. The molecule has 3 heterocycles. The number of carbonyl (C=O) groups excluding carboxylic acids is 1. The molecule has 18 heteroatoms. The summed E-state index contributed by atoms with van der Waals surface area (Å²) in [5.74, 6) is 0.510. The van der Waals surface area contributed by atoms with E-state index >= 15 is 0 Å². The molecule has 10 nitrogen and oxygen atoms in total. The lowest BCUT2D eigenvalue weighted by Gasteiger charge is -2.15. The van der Waals surface area contributed by atoms with Gasteiger partial charge in [-0.15, -0.1) is 0 Å². The summed E-state index contributed by atoms with van der Waals surface area (Å²) in [6, 6.07) is 16.0. The molecule has 3 aromatic heterocycles. The minimum atomic E-state index is -4.59. The van der Waals surface area contributed by atoms with Crippen LogP contribution in [0.2, 0.25) is 5.02 Å². The molecule has 0 spiro atoms. The molecular weight excluding hydrogens is 758 g/mol. The van der Waals surface area contributed by atoms with Crippen LogP contribution in [0.15, 0.2) is 97.6 Å². The molecule has 0 bridgehead atoms. The molecule has 0 aliphatic heterocycles. The van der Waals surface area contributed by atoms with Crippen LogP contribution in [0.4, 0.5) is 53.3 Å². The van der Waals surface area contributed by atoms with E-state index in [-0.39, 0.29) is 28.1 Å². The van der Waals surface area contributed by atoms with E-state index in [1.807, 2.05) is 19.1 Å². The summed E-state index contributed by atoms with van der Waals surface area (Å²) in [6.07, 6.45) is -2.96. The van der Waals surface area contributed by atoms with Crippen molar-refractivity contribution in [2.45, 2.75) is 26.2 Å². The van der Waals surface area contributed by atoms with Gasteiger partial charge in [0.05, 0.1) is 50.5 Å². The minimum Gasteiger partial charge on any atom is -0.424 e. The molecule has 280 valence electrons. The number of hydrogen-bond donors (Lipinski definition) is 4. The van der Waals surface area contributed by atoms with Gasteiger partial charge in [-0.2, -0.15) is 26.3 Å². The van der Waals surface area contributed by atoms with Gasteiger partial charge in [0, 0.05) is 35.8 Å². The molecule has 6 aromatic rings. The number of nitrogens with zero attached hydrogens (tertiary/aromatic N) is 4. The van der Waals surface area contributed by atoms with Crippen molar-refractivity contribution in [1.82, 2.24) is 19.9 Å². The van der Waals surface area contributed by atoms with Crippen molar-refractivity contribution >= 4 is 51.2 Å². The van der Waals surface area contributed by atoms with E-state index < -0.39 is 29.5 Å². The zero-order valence-electron chi connectivity index (χ0n) is 28.2. The molecular formula is C36H29ClF6N8O2S. The third-order valence-electron chi connectivity index (χ3n) is 7.21. The average Bonchev–Trinajstić information content (AvgIpc) is 3.59. The topological polar surface area (TPSA) is 140 Å². The third-order valence-corrected chi connectivity index (χ3v) is 8.56. The molecule has 0 saturated carbocycles. The van der Waals surface area contributed by atoms with Crippen LogP contribution in [0.1, 0.15) is 23.7 Å². The Balaban J connectivity index is 0.000000398. The first kappa shape index (κ1) is 39.3. The van der Waals surface area contributed by atoms with Crippen LogP contribution < -0.4 is 26.4 Å². The summed E-state index contributed by atoms with van der Waals surface area (Å²) >= 11 is 6.99. The van der Waals surface area contributed by atoms with Crippen LogP contribution in [-0.2, 0) is 12.4 Å². The first-order chi connectivity index (χ1) is 25.6. The number of thiazole rings is 1. The van der Waals surface area contributed by atoms with Gasteiger partial charge in [0.2, 0.25) is 0 Å². The number of nitrogens with two attached hydrogens (primary N) is 1. The number of nitrogens with one attached hydrogen (secondary N) is 3. The number of alkyl halides is 6. The Morgan fingerprint density at radius 1 is 0.796 bits per heavy atom. The fourth-order valence-corrected chi connectivity index (χ4v) is 5.58. The lowest BCUT2D eigenvalue weighted by atomic mass is 10.0. The van der Waals surface area contributed by atoms with Crippen molar-refractivity contribution < 1.29 is 35.9 Å². The first-order valence-electron chi connectivity index (χ1n) is 15.7. The van der Waals surface area contributed by atoms with Crippen molar-refractivity contribution in [3.05, 3.63) is 119 Å². The first-order valence-corrected chi connectivity index (χ1v) is 16.9. The Morgan fingerprint density at radius 3 is 2.06 bits per heavy atom. The SMILES string of the molecule is CCNc1ncc(-c2ccc(Oc3ncc(NC(=O)Nc4cc(C(F)(F)F)ccc4-c4ccc(C)nc4)cn3)cc2)s1.Nc1cc(C(F)(F)F)ccc1Cl. The molecule has 0 aliphatic rings. The van der Waals surface area contributed by atoms with Gasteiger partial charge >= 0.3 is 24.4 Å². The number of halogens is 7. The second-order valence-electron chi connectivity index (χ2n) is 11.2. The van der Waals surface area contributed by atoms with Crippen molar-refractivity contribution in [2.24, 2.45) is 0 Å². The van der Waals surface area contributed by atoms with E-state index in [9.17, 15) is 31.1 Å². The van der Waals surface area contributed by atoms with Gasteiger partial charge in [-0.25, -0.2) is 19.7 Å². The quantitative estimate of drug-likeness (QED) is 0.0883. The lowest BCUT2D eigenvalue weighted by molar-refractivity contribution is -0.138. The standard InChI is InChI=1S/C29H24F3N7O2S.C7H5ClF3N/c1-3-33-28-37-16-25(42-28)18-6-9-22(10-7-18)41-27-35-14-21(15-36-27)38-26(40)39-24-12-20(29(30,31)32)8-11-23(24)19-5-4-17(2)34-13-19;8-5-2-1-4(3-6(5)12)7(9,10)11/h4-16H,3H2,1-2H3,(H,33,37)(H2,38,39,40);1-3H,12H2. The molecule has 0 atom stereocenters. The predicted molar refractivity (Wildman–Crippen MR) is 197 cm³/mol. The number of amides is 2. The highest BCUT2D eigenvalue weighted by Gasteiger charge is 2.32. The Bertz CT molecular complexity index is 2200.